The van der Waals surface area contributed by atoms with Crippen molar-refractivity contribution in [2.45, 2.75) is 12.3 Å². The van der Waals surface area contributed by atoms with Crippen molar-refractivity contribution in [2.75, 3.05) is 0 Å². The summed E-state index contributed by atoms with van der Waals surface area (Å²) in [6.07, 6.45) is 0.961. The van der Waals surface area contributed by atoms with Gasteiger partial charge in [0.2, 0.25) is 5.95 Å². The Morgan fingerprint density at radius 1 is 0.483 bits per heavy atom. The summed E-state index contributed by atoms with van der Waals surface area (Å²) in [6, 6.07) is 60.7. The zero-order valence-electron chi connectivity index (χ0n) is 32.0. The molecule has 6 heterocycles. The maximum Gasteiger partial charge on any atom is 0.236 e. The molecule has 6 aromatic heterocycles. The van der Waals surface area contributed by atoms with Crippen LogP contribution in [0.2, 0.25) is 0 Å². The Morgan fingerprint density at radius 2 is 1.25 bits per heavy atom. The molecule has 1 aliphatic carbocycles. The van der Waals surface area contributed by atoms with Crippen LogP contribution in [0.1, 0.15) is 22.6 Å². The molecule has 0 bridgehead atoms. The van der Waals surface area contributed by atoms with Crippen molar-refractivity contribution in [3.05, 3.63) is 180 Å². The van der Waals surface area contributed by atoms with E-state index in [1.165, 1.54) is 96.2 Å². The molecule has 1 atom stereocenters. The fourth-order valence-electron chi connectivity index (χ4n) is 11.0. The number of aromatic nitrogens is 4. The fraction of sp³-hybridized carbons (Fsp3) is 0.0370. The van der Waals surface area contributed by atoms with Crippen molar-refractivity contribution in [3.63, 3.8) is 0 Å². The fourth-order valence-corrected chi connectivity index (χ4v) is 13.2. The minimum Gasteiger partial charge on any atom is -0.308 e. The number of para-hydroxylation sites is 1. The van der Waals surface area contributed by atoms with Gasteiger partial charge in [-0.25, -0.2) is 9.97 Å². The van der Waals surface area contributed by atoms with Crippen LogP contribution in [0.4, 0.5) is 0 Å². The first-order valence-electron chi connectivity index (χ1n) is 20.6. The maximum absolute atomic E-state index is 5.74. The lowest BCUT2D eigenvalue weighted by atomic mass is 9.75. The molecule has 0 radical (unpaired) electrons. The van der Waals surface area contributed by atoms with Gasteiger partial charge in [-0.3, -0.25) is 4.57 Å². The SMILES string of the molecule is c1ccc(C2Cc3ccccc3-c3ccc(-c4nc(-n5c6ccc7sc8ccc9c%10ccccc%10n%10c%11cccc5c%11c6c7c8c9%10)nc5sc6ccccc6c45)cc32)cc1. The van der Waals surface area contributed by atoms with Crippen LogP contribution in [0.25, 0.3) is 118 Å². The summed E-state index contributed by atoms with van der Waals surface area (Å²) < 4.78 is 8.72. The lowest BCUT2D eigenvalue weighted by Crippen LogP contribution is -2.13. The molecule has 278 valence electrons. The van der Waals surface area contributed by atoms with E-state index >= 15 is 0 Å². The Balaban J connectivity index is 1.07. The third kappa shape index (κ3) is 3.96. The molecular formula is C54H30N4S2. The predicted molar refractivity (Wildman–Crippen MR) is 253 cm³/mol. The highest BCUT2D eigenvalue weighted by atomic mass is 32.1. The van der Waals surface area contributed by atoms with E-state index in [0.717, 1.165) is 38.9 Å². The molecule has 0 saturated carbocycles. The second-order valence-electron chi connectivity index (χ2n) is 16.4. The Labute approximate surface area is 350 Å². The van der Waals surface area contributed by atoms with Crippen LogP contribution in [0.5, 0.6) is 0 Å². The minimum atomic E-state index is 0.234. The average molecular weight is 799 g/mol. The highest BCUT2D eigenvalue weighted by molar-refractivity contribution is 7.26. The zero-order valence-corrected chi connectivity index (χ0v) is 33.6. The van der Waals surface area contributed by atoms with Crippen molar-refractivity contribution < 1.29 is 0 Å². The minimum absolute atomic E-state index is 0.234. The Kier molecular flexibility index (Phi) is 6.01. The summed E-state index contributed by atoms with van der Waals surface area (Å²) in [6.45, 7) is 0. The largest absolute Gasteiger partial charge is 0.308 e. The van der Waals surface area contributed by atoms with Crippen LogP contribution in [-0.4, -0.2) is 18.9 Å². The van der Waals surface area contributed by atoms with E-state index in [-0.39, 0.29) is 5.92 Å². The topological polar surface area (TPSA) is 35.1 Å². The van der Waals surface area contributed by atoms with Crippen LogP contribution in [0, 0.1) is 0 Å². The quantitative estimate of drug-likeness (QED) is 0.178. The van der Waals surface area contributed by atoms with Gasteiger partial charge in [-0.15, -0.1) is 22.7 Å². The lowest BCUT2D eigenvalue weighted by Gasteiger charge is -2.29. The molecule has 8 aromatic carbocycles. The van der Waals surface area contributed by atoms with Crippen molar-refractivity contribution in [3.8, 4) is 28.3 Å². The third-order valence-corrected chi connectivity index (χ3v) is 15.7. The molecule has 0 N–H and O–H groups in total. The molecule has 14 aromatic rings. The third-order valence-electron chi connectivity index (χ3n) is 13.5. The van der Waals surface area contributed by atoms with Gasteiger partial charge in [-0.05, 0) is 82.8 Å². The van der Waals surface area contributed by atoms with Crippen molar-refractivity contribution in [2.24, 2.45) is 0 Å². The van der Waals surface area contributed by atoms with E-state index < -0.39 is 0 Å². The van der Waals surface area contributed by atoms with Gasteiger partial charge >= 0.3 is 0 Å². The first-order chi connectivity index (χ1) is 29.8. The van der Waals surface area contributed by atoms with Crippen molar-refractivity contribution in [1.82, 2.24) is 18.9 Å². The van der Waals surface area contributed by atoms with Crippen LogP contribution >= 0.6 is 22.7 Å². The molecule has 15 rings (SSSR count). The molecule has 60 heavy (non-hydrogen) atoms. The number of benzene rings is 8. The summed E-state index contributed by atoms with van der Waals surface area (Å²) in [5, 5.41) is 10.1. The maximum atomic E-state index is 5.74. The number of nitrogens with zero attached hydrogens (tertiary/aromatic N) is 4. The molecule has 0 saturated heterocycles. The number of rotatable bonds is 3. The van der Waals surface area contributed by atoms with E-state index in [1.54, 1.807) is 11.3 Å². The van der Waals surface area contributed by atoms with Crippen molar-refractivity contribution >= 4 is 112 Å². The highest BCUT2D eigenvalue weighted by Crippen LogP contribution is 2.51. The summed E-state index contributed by atoms with van der Waals surface area (Å²) >= 11 is 3.65. The second kappa shape index (κ2) is 11.3. The Hall–Kier alpha value is -7.12. The van der Waals surface area contributed by atoms with Crippen LogP contribution < -0.4 is 0 Å². The summed E-state index contributed by atoms with van der Waals surface area (Å²) in [5.74, 6) is 0.934. The number of thiophene rings is 2. The molecular weight excluding hydrogens is 769 g/mol. The van der Waals surface area contributed by atoms with E-state index in [9.17, 15) is 0 Å². The van der Waals surface area contributed by atoms with Gasteiger partial charge in [-0.1, -0.05) is 115 Å². The number of hydrogen-bond donors (Lipinski definition) is 0. The predicted octanol–water partition coefficient (Wildman–Crippen LogP) is 14.8. The zero-order chi connectivity index (χ0) is 38.8. The van der Waals surface area contributed by atoms with E-state index in [1.807, 2.05) is 11.3 Å². The number of fused-ring (bicyclic) bond motifs is 10. The van der Waals surface area contributed by atoms with Gasteiger partial charge < -0.3 is 4.40 Å². The molecule has 0 amide bonds. The standard InChI is InChI=1S/C54H30N4S2/c1-2-11-29(12-3-1)37-27-30-13-4-5-14-32(30)33-22-21-31(28-38(33)37)51-46-36-16-7-9-20-43(36)60-53(46)56-54(55-51)58-41-19-10-18-40-47(41)48-42(58)24-26-44-49(48)50-45(59-44)25-23-35-34-15-6-8-17-39(34)57(40)52(35)50/h1-26,28,37H,27H2. The normalized spacial score (nSPS) is 14.4. The van der Waals surface area contributed by atoms with Gasteiger partial charge in [0, 0.05) is 68.7 Å². The number of hydrogen-bond acceptors (Lipinski definition) is 4. The van der Waals surface area contributed by atoms with Crippen LogP contribution in [-0.2, 0) is 6.42 Å². The van der Waals surface area contributed by atoms with Gasteiger partial charge in [0.15, 0.2) is 0 Å². The van der Waals surface area contributed by atoms with Gasteiger partial charge in [0.05, 0.1) is 33.3 Å². The van der Waals surface area contributed by atoms with E-state index in [0.29, 0.717) is 5.95 Å². The average Bonchev–Trinajstić information content (AvgIpc) is 4.03. The molecule has 1 aliphatic rings. The molecule has 6 heteroatoms. The van der Waals surface area contributed by atoms with Crippen LogP contribution in [0.3, 0.4) is 0 Å². The summed E-state index contributed by atoms with van der Waals surface area (Å²) in [7, 11) is 0. The Morgan fingerprint density at radius 3 is 2.20 bits per heavy atom. The molecule has 0 spiro atoms. The second-order valence-corrected chi connectivity index (χ2v) is 18.5. The monoisotopic (exact) mass is 798 g/mol. The van der Waals surface area contributed by atoms with Gasteiger partial charge in [0.1, 0.15) is 4.83 Å². The first kappa shape index (κ1) is 31.8. The smallest absolute Gasteiger partial charge is 0.236 e. The highest BCUT2D eigenvalue weighted by Gasteiger charge is 2.29. The van der Waals surface area contributed by atoms with E-state index in [4.69, 9.17) is 9.97 Å². The Bertz CT molecular complexity index is 4110. The first-order valence-corrected chi connectivity index (χ1v) is 22.2. The van der Waals surface area contributed by atoms with Gasteiger partial charge in [0.25, 0.3) is 0 Å². The molecule has 1 unspecified atom stereocenters. The summed E-state index contributed by atoms with van der Waals surface area (Å²) in [4.78, 5) is 12.3. The van der Waals surface area contributed by atoms with E-state index in [2.05, 4.69) is 173 Å². The van der Waals surface area contributed by atoms with Crippen LogP contribution in [0.15, 0.2) is 164 Å². The van der Waals surface area contributed by atoms with Gasteiger partial charge in [-0.2, -0.15) is 0 Å². The molecule has 0 fully saturated rings. The summed E-state index contributed by atoms with van der Waals surface area (Å²) in [5.41, 5.74) is 14.8. The lowest BCUT2D eigenvalue weighted by molar-refractivity contribution is 0.794. The molecule has 4 nitrogen and oxygen atoms in total. The van der Waals surface area contributed by atoms with Crippen molar-refractivity contribution in [1.29, 1.82) is 0 Å². The molecule has 0 aliphatic heterocycles.